The van der Waals surface area contributed by atoms with Crippen LogP contribution in [0.15, 0.2) is 42.5 Å². The fraction of sp³-hybridized carbons (Fsp3) is 0.176. The van der Waals surface area contributed by atoms with E-state index in [1.54, 1.807) is 37.3 Å². The van der Waals surface area contributed by atoms with Crippen LogP contribution in [0.3, 0.4) is 0 Å². The first-order chi connectivity index (χ1) is 11.4. The molecule has 0 unspecified atom stereocenters. The van der Waals surface area contributed by atoms with E-state index < -0.39 is 5.91 Å². The zero-order chi connectivity index (χ0) is 17.5. The number of amides is 2. The number of aryl methyl sites for hydroxylation is 1. The Balaban J connectivity index is 1.74. The third-order valence-corrected chi connectivity index (χ3v) is 3.37. The molecule has 2 aromatic rings. The first kappa shape index (κ1) is 17.6. The molecule has 0 radical (unpaired) electrons. The quantitative estimate of drug-likeness (QED) is 0.700. The average molecular weight is 349 g/mol. The van der Waals surface area contributed by atoms with E-state index in [9.17, 15) is 14.7 Å². The molecule has 0 saturated carbocycles. The number of hydrogen-bond acceptors (Lipinski definition) is 4. The van der Waals surface area contributed by atoms with Gasteiger partial charge >= 0.3 is 0 Å². The van der Waals surface area contributed by atoms with Crippen molar-refractivity contribution in [2.45, 2.75) is 6.92 Å². The van der Waals surface area contributed by atoms with Crippen LogP contribution in [0.1, 0.15) is 5.56 Å². The van der Waals surface area contributed by atoms with E-state index in [0.29, 0.717) is 16.5 Å². The largest absolute Gasteiger partial charge is 0.508 e. The zero-order valence-corrected chi connectivity index (χ0v) is 13.8. The lowest BCUT2D eigenvalue weighted by molar-refractivity contribution is -0.125. The molecule has 2 aromatic carbocycles. The number of benzene rings is 2. The number of phenols is 1. The van der Waals surface area contributed by atoms with Gasteiger partial charge in [-0.05, 0) is 55.0 Å². The van der Waals surface area contributed by atoms with Gasteiger partial charge in [-0.25, -0.2) is 0 Å². The summed E-state index contributed by atoms with van der Waals surface area (Å²) in [4.78, 5) is 23.5. The summed E-state index contributed by atoms with van der Waals surface area (Å²) in [5.74, 6) is -0.150. The summed E-state index contributed by atoms with van der Waals surface area (Å²) in [5.41, 5.74) is 1.30. The number of carbonyl (C=O) groups is 2. The summed E-state index contributed by atoms with van der Waals surface area (Å²) in [6.07, 6.45) is 0. The molecule has 0 bridgehead atoms. The van der Waals surface area contributed by atoms with Crippen LogP contribution in [0.2, 0.25) is 5.02 Å². The van der Waals surface area contributed by atoms with E-state index in [0.717, 1.165) is 5.56 Å². The van der Waals surface area contributed by atoms with Crippen LogP contribution in [0.4, 0.5) is 5.69 Å². The van der Waals surface area contributed by atoms with Crippen molar-refractivity contribution < 1.29 is 19.4 Å². The Bertz CT molecular complexity index is 732. The first-order valence-corrected chi connectivity index (χ1v) is 7.56. The van der Waals surface area contributed by atoms with Crippen molar-refractivity contribution in [3.8, 4) is 11.5 Å². The molecule has 0 heterocycles. The summed E-state index contributed by atoms with van der Waals surface area (Å²) < 4.78 is 5.28. The maximum absolute atomic E-state index is 11.8. The fourth-order valence-corrected chi connectivity index (χ4v) is 2.02. The van der Waals surface area contributed by atoms with E-state index >= 15 is 0 Å². The molecule has 126 valence electrons. The minimum Gasteiger partial charge on any atom is -0.508 e. The van der Waals surface area contributed by atoms with Gasteiger partial charge < -0.3 is 20.5 Å². The number of rotatable bonds is 6. The molecular formula is C17H17ClN2O4. The molecule has 0 aliphatic rings. The minimum absolute atomic E-state index is 0.123. The summed E-state index contributed by atoms with van der Waals surface area (Å²) >= 11 is 5.75. The summed E-state index contributed by atoms with van der Waals surface area (Å²) in [7, 11) is 0. The van der Waals surface area contributed by atoms with Crippen LogP contribution < -0.4 is 15.4 Å². The van der Waals surface area contributed by atoms with Crippen LogP contribution in [-0.2, 0) is 9.59 Å². The molecule has 24 heavy (non-hydrogen) atoms. The molecule has 0 aliphatic carbocycles. The number of halogens is 1. The van der Waals surface area contributed by atoms with Crippen LogP contribution in [0.5, 0.6) is 11.5 Å². The van der Waals surface area contributed by atoms with Gasteiger partial charge in [0, 0.05) is 10.7 Å². The maximum atomic E-state index is 11.8. The molecule has 0 aromatic heterocycles. The van der Waals surface area contributed by atoms with E-state index in [-0.39, 0.29) is 24.8 Å². The van der Waals surface area contributed by atoms with Crippen molar-refractivity contribution in [3.63, 3.8) is 0 Å². The van der Waals surface area contributed by atoms with Crippen molar-refractivity contribution >= 4 is 29.1 Å². The van der Waals surface area contributed by atoms with Gasteiger partial charge in [0.2, 0.25) is 5.91 Å². The molecule has 0 aliphatic heterocycles. The Labute approximate surface area is 144 Å². The predicted molar refractivity (Wildman–Crippen MR) is 91.4 cm³/mol. The van der Waals surface area contributed by atoms with Crippen molar-refractivity contribution in [2.24, 2.45) is 0 Å². The number of aromatic hydroxyl groups is 1. The van der Waals surface area contributed by atoms with Gasteiger partial charge in [0.1, 0.15) is 11.5 Å². The molecule has 7 heteroatoms. The van der Waals surface area contributed by atoms with Gasteiger partial charge in [0.25, 0.3) is 5.91 Å². The zero-order valence-electron chi connectivity index (χ0n) is 13.0. The molecule has 2 rings (SSSR count). The highest BCUT2D eigenvalue weighted by Gasteiger charge is 2.08. The number of anilines is 1. The van der Waals surface area contributed by atoms with Gasteiger partial charge in [-0.2, -0.15) is 0 Å². The molecule has 0 atom stereocenters. The average Bonchev–Trinajstić information content (AvgIpc) is 2.55. The van der Waals surface area contributed by atoms with E-state index in [4.69, 9.17) is 16.3 Å². The molecular weight excluding hydrogens is 332 g/mol. The Kier molecular flexibility index (Phi) is 6.03. The van der Waals surface area contributed by atoms with Gasteiger partial charge in [0.15, 0.2) is 6.61 Å². The van der Waals surface area contributed by atoms with Crippen molar-refractivity contribution in [3.05, 3.63) is 53.1 Å². The van der Waals surface area contributed by atoms with Gasteiger partial charge in [-0.3, -0.25) is 9.59 Å². The van der Waals surface area contributed by atoms with E-state index in [2.05, 4.69) is 10.6 Å². The van der Waals surface area contributed by atoms with Gasteiger partial charge in [-0.1, -0.05) is 11.6 Å². The first-order valence-electron chi connectivity index (χ1n) is 7.18. The number of hydrogen-bond donors (Lipinski definition) is 3. The highest BCUT2D eigenvalue weighted by molar-refractivity contribution is 6.30. The van der Waals surface area contributed by atoms with Crippen molar-refractivity contribution in [1.29, 1.82) is 0 Å². The van der Waals surface area contributed by atoms with Crippen LogP contribution >= 0.6 is 11.6 Å². The lowest BCUT2D eigenvalue weighted by Gasteiger charge is -2.10. The highest BCUT2D eigenvalue weighted by Crippen LogP contribution is 2.19. The SMILES string of the molecule is Cc1cc(O)ccc1NC(=O)CNC(=O)COc1ccc(Cl)cc1. The standard InChI is InChI=1S/C17H17ClN2O4/c1-11-8-13(21)4-7-15(11)20-16(22)9-19-17(23)10-24-14-5-2-12(18)3-6-14/h2-8,21H,9-10H2,1H3,(H,19,23)(H,20,22). The summed E-state index contributed by atoms with van der Waals surface area (Å²) in [6, 6.07) is 11.2. The normalized spacial score (nSPS) is 10.1. The summed E-state index contributed by atoms with van der Waals surface area (Å²) in [5, 5.41) is 15.0. The fourth-order valence-electron chi connectivity index (χ4n) is 1.89. The predicted octanol–water partition coefficient (Wildman–Crippen LogP) is 2.49. The highest BCUT2D eigenvalue weighted by atomic mass is 35.5. The van der Waals surface area contributed by atoms with Gasteiger partial charge in [-0.15, -0.1) is 0 Å². The smallest absolute Gasteiger partial charge is 0.258 e. The molecule has 0 saturated heterocycles. The van der Waals surface area contributed by atoms with E-state index in [1.807, 2.05) is 0 Å². The third kappa shape index (κ3) is 5.48. The lowest BCUT2D eigenvalue weighted by Crippen LogP contribution is -2.35. The van der Waals surface area contributed by atoms with Crippen LogP contribution in [0.25, 0.3) is 0 Å². The molecule has 2 amide bonds. The molecule has 6 nitrogen and oxygen atoms in total. The Hall–Kier alpha value is -2.73. The van der Waals surface area contributed by atoms with Gasteiger partial charge in [0.05, 0.1) is 6.54 Å². The van der Waals surface area contributed by atoms with E-state index in [1.165, 1.54) is 12.1 Å². The van der Waals surface area contributed by atoms with Crippen LogP contribution in [-0.4, -0.2) is 30.1 Å². The maximum Gasteiger partial charge on any atom is 0.258 e. The van der Waals surface area contributed by atoms with Crippen LogP contribution in [0, 0.1) is 6.92 Å². The lowest BCUT2D eigenvalue weighted by atomic mass is 10.2. The Morgan fingerprint density at radius 1 is 1.12 bits per heavy atom. The number of nitrogens with one attached hydrogen (secondary N) is 2. The number of phenolic OH excluding ortho intramolecular Hbond substituents is 1. The van der Waals surface area contributed by atoms with Crippen molar-refractivity contribution in [2.75, 3.05) is 18.5 Å². The second-order valence-corrected chi connectivity index (χ2v) is 5.50. The molecule has 3 N–H and O–H groups in total. The minimum atomic E-state index is -0.414. The van der Waals surface area contributed by atoms with Crippen molar-refractivity contribution in [1.82, 2.24) is 5.32 Å². The topological polar surface area (TPSA) is 87.7 Å². The monoisotopic (exact) mass is 348 g/mol. The number of ether oxygens (including phenoxy) is 1. The Morgan fingerprint density at radius 3 is 2.50 bits per heavy atom. The second-order valence-electron chi connectivity index (χ2n) is 5.07. The summed E-state index contributed by atoms with van der Waals surface area (Å²) in [6.45, 7) is 1.38. The Morgan fingerprint density at radius 2 is 1.83 bits per heavy atom. The molecule has 0 spiro atoms. The number of carbonyl (C=O) groups excluding carboxylic acids is 2. The second kappa shape index (κ2) is 8.21. The molecule has 0 fully saturated rings. The third-order valence-electron chi connectivity index (χ3n) is 3.11.